The third-order valence-electron chi connectivity index (χ3n) is 8.01. The van der Waals surface area contributed by atoms with Gasteiger partial charge in [-0.15, -0.1) is 0 Å². The first-order valence-corrected chi connectivity index (χ1v) is 14.3. The lowest BCUT2D eigenvalue weighted by Crippen LogP contribution is -2.56. The number of benzene rings is 3. The van der Waals surface area contributed by atoms with E-state index in [0.29, 0.717) is 40.8 Å². The number of piperidine rings is 1. The van der Waals surface area contributed by atoms with Gasteiger partial charge >= 0.3 is 0 Å². The number of methoxy groups -OCH3 is 1. The van der Waals surface area contributed by atoms with Crippen LogP contribution in [-0.2, 0) is 16.0 Å². The number of carbonyl (C=O) groups is 3. The maximum Gasteiger partial charge on any atom is 0.255 e. The number of rotatable bonds is 8. The summed E-state index contributed by atoms with van der Waals surface area (Å²) in [6.07, 6.45) is 2.89. The molecule has 3 amide bonds. The Morgan fingerprint density at radius 3 is 2.36 bits per heavy atom. The van der Waals surface area contributed by atoms with Gasteiger partial charge < -0.3 is 20.3 Å². The van der Waals surface area contributed by atoms with Crippen molar-refractivity contribution in [2.75, 3.05) is 7.11 Å². The van der Waals surface area contributed by atoms with Gasteiger partial charge in [0.25, 0.3) is 5.91 Å². The van der Waals surface area contributed by atoms with Gasteiger partial charge in [-0.2, -0.15) is 0 Å². The molecule has 2 aliphatic heterocycles. The molecule has 2 bridgehead atoms. The standard InChI is InChI=1S/C32H32ClF2N3O4/c1-18(39)36-29(13-19-4-3-5-21(34)12-19)31(40)37-23-16-24-8-9-25(17-23)38(24)32(41)26-10-6-20(14-28(26)33)27-15-22(35)7-11-30(27)42-2/h3-7,10-12,14-15,23-25,29H,8-9,13,16-17H2,1-2H3,(H,36,39)(H,37,40)/t23?,24-,25+,29?. The molecular formula is C32H32ClF2N3O4. The number of amides is 3. The van der Waals surface area contributed by atoms with E-state index in [2.05, 4.69) is 10.6 Å². The normalized spacial score (nSPS) is 20.1. The fourth-order valence-electron chi connectivity index (χ4n) is 6.18. The fourth-order valence-corrected chi connectivity index (χ4v) is 6.44. The highest BCUT2D eigenvalue weighted by atomic mass is 35.5. The van der Waals surface area contributed by atoms with Gasteiger partial charge in [0.05, 0.1) is 17.7 Å². The summed E-state index contributed by atoms with van der Waals surface area (Å²) in [5.74, 6) is -1.21. The van der Waals surface area contributed by atoms with Gasteiger partial charge in [-0.05, 0) is 79.3 Å². The second-order valence-corrected chi connectivity index (χ2v) is 11.3. The molecule has 7 nitrogen and oxygen atoms in total. The van der Waals surface area contributed by atoms with Gasteiger partial charge in [0, 0.05) is 37.0 Å². The van der Waals surface area contributed by atoms with E-state index in [-0.39, 0.29) is 47.3 Å². The number of ether oxygens (including phenoxy) is 1. The monoisotopic (exact) mass is 595 g/mol. The molecule has 2 unspecified atom stereocenters. The molecule has 2 aliphatic rings. The molecule has 0 aliphatic carbocycles. The van der Waals surface area contributed by atoms with Crippen molar-refractivity contribution < 1.29 is 27.9 Å². The number of fused-ring (bicyclic) bond motifs is 2. The Balaban J connectivity index is 1.27. The van der Waals surface area contributed by atoms with Crippen molar-refractivity contribution in [3.05, 3.63) is 88.4 Å². The van der Waals surface area contributed by atoms with Gasteiger partial charge in [0.2, 0.25) is 11.8 Å². The molecule has 4 atom stereocenters. The maximum absolute atomic E-state index is 13.9. The third-order valence-corrected chi connectivity index (χ3v) is 8.32. The first kappa shape index (κ1) is 29.5. The van der Waals surface area contributed by atoms with Gasteiger partial charge in [-0.25, -0.2) is 8.78 Å². The molecule has 3 aromatic rings. The zero-order valence-electron chi connectivity index (χ0n) is 23.3. The Hall–Kier alpha value is -3.98. The third kappa shape index (κ3) is 6.41. The highest BCUT2D eigenvalue weighted by Gasteiger charge is 2.44. The summed E-state index contributed by atoms with van der Waals surface area (Å²) in [7, 11) is 1.50. The lowest BCUT2D eigenvalue weighted by molar-refractivity contribution is -0.128. The first-order chi connectivity index (χ1) is 20.1. The van der Waals surface area contributed by atoms with Crippen molar-refractivity contribution in [3.63, 3.8) is 0 Å². The predicted molar refractivity (Wildman–Crippen MR) is 155 cm³/mol. The van der Waals surface area contributed by atoms with Crippen LogP contribution in [0, 0.1) is 11.6 Å². The van der Waals surface area contributed by atoms with E-state index in [1.54, 1.807) is 30.3 Å². The quantitative estimate of drug-likeness (QED) is 0.370. The van der Waals surface area contributed by atoms with Crippen LogP contribution in [0.5, 0.6) is 5.75 Å². The summed E-state index contributed by atoms with van der Waals surface area (Å²) in [6, 6.07) is 14.0. The van der Waals surface area contributed by atoms with E-state index in [4.69, 9.17) is 16.3 Å². The molecule has 2 fully saturated rings. The average Bonchev–Trinajstić information content (AvgIpc) is 3.22. The summed E-state index contributed by atoms with van der Waals surface area (Å²) in [5.41, 5.74) is 2.12. The Labute approximate surface area is 248 Å². The van der Waals surface area contributed by atoms with E-state index >= 15 is 0 Å². The van der Waals surface area contributed by atoms with Crippen molar-refractivity contribution >= 4 is 29.3 Å². The average molecular weight is 596 g/mol. The lowest BCUT2D eigenvalue weighted by atomic mass is 9.95. The van der Waals surface area contributed by atoms with Crippen LogP contribution >= 0.6 is 11.6 Å². The molecule has 0 spiro atoms. The summed E-state index contributed by atoms with van der Waals surface area (Å²) in [5, 5.41) is 5.99. The zero-order chi connectivity index (χ0) is 30.0. The molecule has 42 heavy (non-hydrogen) atoms. The van der Waals surface area contributed by atoms with Crippen molar-refractivity contribution in [3.8, 4) is 16.9 Å². The summed E-state index contributed by atoms with van der Waals surface area (Å²) >= 11 is 6.60. The van der Waals surface area contributed by atoms with Crippen LogP contribution < -0.4 is 15.4 Å². The second-order valence-electron chi connectivity index (χ2n) is 10.9. The Morgan fingerprint density at radius 1 is 1.00 bits per heavy atom. The van der Waals surface area contributed by atoms with E-state index < -0.39 is 17.7 Å². The number of carbonyl (C=O) groups excluding carboxylic acids is 3. The second kappa shape index (κ2) is 12.5. The number of hydrogen-bond acceptors (Lipinski definition) is 4. The van der Waals surface area contributed by atoms with Crippen LogP contribution in [0.25, 0.3) is 11.1 Å². The molecule has 0 radical (unpaired) electrons. The largest absolute Gasteiger partial charge is 0.496 e. The molecule has 10 heteroatoms. The van der Waals surface area contributed by atoms with Gasteiger partial charge in [0.15, 0.2) is 0 Å². The molecule has 2 heterocycles. The smallest absolute Gasteiger partial charge is 0.255 e. The van der Waals surface area contributed by atoms with Crippen LogP contribution in [0.3, 0.4) is 0 Å². The maximum atomic E-state index is 13.9. The minimum Gasteiger partial charge on any atom is -0.496 e. The van der Waals surface area contributed by atoms with E-state index in [9.17, 15) is 23.2 Å². The minimum absolute atomic E-state index is 0.0805. The number of nitrogens with zero attached hydrogens (tertiary/aromatic N) is 1. The molecule has 220 valence electrons. The highest BCUT2D eigenvalue weighted by Crippen LogP contribution is 2.39. The molecule has 2 saturated heterocycles. The highest BCUT2D eigenvalue weighted by molar-refractivity contribution is 6.34. The fraction of sp³-hybridized carbons (Fsp3) is 0.344. The van der Waals surface area contributed by atoms with E-state index in [0.717, 1.165) is 12.8 Å². The van der Waals surface area contributed by atoms with Crippen molar-refractivity contribution in [2.24, 2.45) is 0 Å². The van der Waals surface area contributed by atoms with Gasteiger partial charge in [-0.1, -0.05) is 29.8 Å². The Kier molecular flexibility index (Phi) is 8.77. The molecule has 2 N–H and O–H groups in total. The van der Waals surface area contributed by atoms with Crippen LogP contribution in [0.4, 0.5) is 8.78 Å². The Morgan fingerprint density at radius 2 is 1.71 bits per heavy atom. The van der Waals surface area contributed by atoms with E-state index in [1.807, 2.05) is 4.90 Å². The molecular weight excluding hydrogens is 564 g/mol. The minimum atomic E-state index is -0.851. The van der Waals surface area contributed by atoms with Crippen molar-refractivity contribution in [2.45, 2.75) is 63.2 Å². The summed E-state index contributed by atoms with van der Waals surface area (Å²) in [6.45, 7) is 1.34. The zero-order valence-corrected chi connectivity index (χ0v) is 24.1. The SMILES string of the molecule is COc1ccc(F)cc1-c1ccc(C(=O)N2[C@@H]3CC[C@H]2CC(NC(=O)C(Cc2cccc(F)c2)NC(C)=O)C3)c(Cl)c1. The first-order valence-electron chi connectivity index (χ1n) is 13.9. The van der Waals surface area contributed by atoms with Crippen molar-refractivity contribution in [1.29, 1.82) is 0 Å². The van der Waals surface area contributed by atoms with Crippen LogP contribution in [-0.4, -0.2) is 53.9 Å². The van der Waals surface area contributed by atoms with Gasteiger partial charge in [-0.3, -0.25) is 14.4 Å². The summed E-state index contributed by atoms with van der Waals surface area (Å²) < 4.78 is 33.0. The molecule has 5 rings (SSSR count). The van der Waals surface area contributed by atoms with Crippen molar-refractivity contribution in [1.82, 2.24) is 15.5 Å². The predicted octanol–water partition coefficient (Wildman–Crippen LogP) is 5.29. The molecule has 3 aromatic carbocycles. The molecule has 0 aromatic heterocycles. The van der Waals surface area contributed by atoms with E-state index in [1.165, 1.54) is 44.4 Å². The number of halogens is 3. The summed E-state index contributed by atoms with van der Waals surface area (Å²) in [4.78, 5) is 40.6. The van der Waals surface area contributed by atoms with Crippen LogP contribution in [0.15, 0.2) is 60.7 Å². The van der Waals surface area contributed by atoms with Crippen LogP contribution in [0.1, 0.15) is 48.5 Å². The number of nitrogens with one attached hydrogen (secondary N) is 2. The number of hydrogen-bond donors (Lipinski definition) is 2. The topological polar surface area (TPSA) is 87.7 Å². The van der Waals surface area contributed by atoms with Crippen LogP contribution in [0.2, 0.25) is 5.02 Å². The lowest BCUT2D eigenvalue weighted by Gasteiger charge is -2.39. The molecule has 0 saturated carbocycles. The Bertz CT molecular complexity index is 1500. The van der Waals surface area contributed by atoms with Gasteiger partial charge in [0.1, 0.15) is 23.4 Å².